The first-order valence-electron chi connectivity index (χ1n) is 8.87. The van der Waals surface area contributed by atoms with Crippen LogP contribution in [0.1, 0.15) is 12.5 Å². The minimum Gasteiger partial charge on any atom is -0.507 e. The number of thioether (sulfide) groups is 1. The molecule has 0 atom stereocenters. The Labute approximate surface area is 175 Å². The van der Waals surface area contributed by atoms with Gasteiger partial charge in [0.25, 0.3) is 5.91 Å². The number of hydrazone groups is 1. The van der Waals surface area contributed by atoms with Crippen LogP contribution in [0.5, 0.6) is 17.2 Å². The van der Waals surface area contributed by atoms with Crippen LogP contribution in [0.4, 0.5) is 0 Å². The second-order valence-corrected chi connectivity index (χ2v) is 7.22. The Kier molecular flexibility index (Phi) is 5.44. The van der Waals surface area contributed by atoms with Crippen LogP contribution in [0, 0.1) is 0 Å². The van der Waals surface area contributed by atoms with Crippen molar-refractivity contribution in [1.82, 2.24) is 20.3 Å². The number of para-hydroxylation sites is 1. The summed E-state index contributed by atoms with van der Waals surface area (Å²) in [6, 6.07) is 12.1. The molecule has 0 saturated heterocycles. The molecule has 4 rings (SSSR count). The monoisotopic (exact) mass is 426 g/mol. The zero-order chi connectivity index (χ0) is 21.1. The van der Waals surface area contributed by atoms with Crippen LogP contribution >= 0.6 is 11.8 Å². The number of nitrogens with two attached hydrogens (primary N) is 1. The average Bonchev–Trinajstić information content (AvgIpc) is 3.36. The van der Waals surface area contributed by atoms with Gasteiger partial charge in [0.15, 0.2) is 17.3 Å². The van der Waals surface area contributed by atoms with E-state index in [-0.39, 0.29) is 24.2 Å². The van der Waals surface area contributed by atoms with Crippen LogP contribution < -0.4 is 20.7 Å². The summed E-state index contributed by atoms with van der Waals surface area (Å²) in [5, 5.41) is 22.4. The molecular weight excluding hydrogens is 408 g/mol. The first-order valence-corrected chi connectivity index (χ1v) is 9.86. The van der Waals surface area contributed by atoms with E-state index >= 15 is 0 Å². The first-order chi connectivity index (χ1) is 14.5. The third kappa shape index (κ3) is 4.01. The lowest BCUT2D eigenvalue weighted by Crippen LogP contribution is -2.22. The number of phenolic OH excluding ortho intramolecular Hbond substituents is 1. The maximum Gasteiger partial charge on any atom is 0.250 e. The summed E-state index contributed by atoms with van der Waals surface area (Å²) in [4.78, 5) is 12.2. The van der Waals surface area contributed by atoms with Gasteiger partial charge in [-0.3, -0.25) is 4.79 Å². The highest BCUT2D eigenvalue weighted by Gasteiger charge is 2.16. The number of amides is 1. The van der Waals surface area contributed by atoms with Gasteiger partial charge in [0.1, 0.15) is 5.75 Å². The molecule has 0 bridgehead atoms. The quantitative estimate of drug-likeness (QED) is 0.235. The molecule has 30 heavy (non-hydrogen) atoms. The Morgan fingerprint density at radius 1 is 1.27 bits per heavy atom. The number of nitrogen functional groups attached to an aromatic ring is 1. The fourth-order valence-corrected chi connectivity index (χ4v) is 3.37. The lowest BCUT2D eigenvalue weighted by molar-refractivity contribution is -0.118. The number of benzene rings is 2. The Hall–Kier alpha value is -3.73. The molecule has 0 radical (unpaired) electrons. The summed E-state index contributed by atoms with van der Waals surface area (Å²) in [6.07, 6.45) is 0. The molecule has 1 aromatic heterocycles. The highest BCUT2D eigenvalue weighted by Crippen LogP contribution is 2.32. The molecule has 0 saturated carbocycles. The number of aromatic nitrogens is 3. The van der Waals surface area contributed by atoms with E-state index in [1.165, 1.54) is 10.7 Å². The second kappa shape index (κ2) is 8.33. The van der Waals surface area contributed by atoms with Crippen LogP contribution in [-0.4, -0.2) is 44.1 Å². The van der Waals surface area contributed by atoms with Crippen molar-refractivity contribution >= 4 is 23.4 Å². The molecule has 2 aromatic carbocycles. The van der Waals surface area contributed by atoms with Gasteiger partial charge in [0.05, 0.1) is 17.0 Å². The van der Waals surface area contributed by atoms with E-state index < -0.39 is 0 Å². The van der Waals surface area contributed by atoms with Crippen LogP contribution in [0.2, 0.25) is 0 Å². The summed E-state index contributed by atoms with van der Waals surface area (Å²) >= 11 is 1.11. The van der Waals surface area contributed by atoms with Crippen molar-refractivity contribution in [2.24, 2.45) is 5.10 Å². The number of nitrogens with zero attached hydrogens (tertiary/aromatic N) is 4. The number of hydrogen-bond donors (Lipinski definition) is 3. The van der Waals surface area contributed by atoms with Crippen molar-refractivity contribution < 1.29 is 19.4 Å². The maximum atomic E-state index is 12.2. The largest absolute Gasteiger partial charge is 0.507 e. The van der Waals surface area contributed by atoms with Crippen LogP contribution in [0.15, 0.2) is 52.7 Å². The number of aromatic hydroxyl groups is 1. The molecule has 11 heteroatoms. The van der Waals surface area contributed by atoms with Crippen molar-refractivity contribution in [2.75, 3.05) is 18.4 Å². The molecular formula is C19H18N6O4S. The van der Waals surface area contributed by atoms with Gasteiger partial charge in [-0.05, 0) is 37.3 Å². The lowest BCUT2D eigenvalue weighted by atomic mass is 10.1. The topological polar surface area (TPSA) is 137 Å². The Morgan fingerprint density at radius 3 is 2.90 bits per heavy atom. The molecule has 2 heterocycles. The highest BCUT2D eigenvalue weighted by atomic mass is 32.2. The molecule has 154 valence electrons. The predicted octanol–water partition coefficient (Wildman–Crippen LogP) is 1.73. The van der Waals surface area contributed by atoms with E-state index in [1.54, 1.807) is 37.3 Å². The molecule has 1 aliphatic rings. The SMILES string of the molecule is C/C(=N/NC(=O)CSc1nnc(-c2ccccc2O)n1N)c1ccc2c(c1)OCO2. The summed E-state index contributed by atoms with van der Waals surface area (Å²) in [5.74, 6) is 7.39. The fraction of sp³-hybridized carbons (Fsp3) is 0.158. The van der Waals surface area contributed by atoms with Gasteiger partial charge in [-0.15, -0.1) is 10.2 Å². The second-order valence-electron chi connectivity index (χ2n) is 6.28. The third-order valence-electron chi connectivity index (χ3n) is 4.28. The molecule has 0 unspecified atom stereocenters. The zero-order valence-corrected chi connectivity index (χ0v) is 16.7. The predicted molar refractivity (Wildman–Crippen MR) is 111 cm³/mol. The van der Waals surface area contributed by atoms with Gasteiger partial charge in [0, 0.05) is 5.56 Å². The minimum absolute atomic E-state index is 0.0357. The molecule has 1 amide bonds. The average molecular weight is 426 g/mol. The van der Waals surface area contributed by atoms with Crippen LogP contribution in [0.3, 0.4) is 0 Å². The molecule has 0 fully saturated rings. The normalized spacial score (nSPS) is 12.8. The number of nitrogens with one attached hydrogen (secondary N) is 1. The molecule has 10 nitrogen and oxygen atoms in total. The minimum atomic E-state index is -0.327. The summed E-state index contributed by atoms with van der Waals surface area (Å²) in [5.41, 5.74) is 4.38. The number of rotatable bonds is 6. The zero-order valence-electron chi connectivity index (χ0n) is 15.9. The summed E-state index contributed by atoms with van der Waals surface area (Å²) in [7, 11) is 0. The maximum absolute atomic E-state index is 12.2. The lowest BCUT2D eigenvalue weighted by Gasteiger charge is -2.05. The van der Waals surface area contributed by atoms with Gasteiger partial charge >= 0.3 is 0 Å². The van der Waals surface area contributed by atoms with E-state index in [1.807, 2.05) is 6.07 Å². The molecule has 0 spiro atoms. The van der Waals surface area contributed by atoms with E-state index in [9.17, 15) is 9.90 Å². The van der Waals surface area contributed by atoms with E-state index in [4.69, 9.17) is 15.3 Å². The molecule has 4 N–H and O–H groups in total. The van der Waals surface area contributed by atoms with E-state index in [0.29, 0.717) is 33.8 Å². The van der Waals surface area contributed by atoms with E-state index in [0.717, 1.165) is 17.3 Å². The molecule has 1 aliphatic heterocycles. The third-order valence-corrected chi connectivity index (χ3v) is 5.22. The van der Waals surface area contributed by atoms with Gasteiger partial charge in [-0.25, -0.2) is 10.1 Å². The van der Waals surface area contributed by atoms with E-state index in [2.05, 4.69) is 20.7 Å². The number of phenols is 1. The van der Waals surface area contributed by atoms with Gasteiger partial charge in [-0.2, -0.15) is 5.10 Å². The Bertz CT molecular complexity index is 1130. The Morgan fingerprint density at radius 2 is 2.07 bits per heavy atom. The van der Waals surface area contributed by atoms with Crippen molar-refractivity contribution in [1.29, 1.82) is 0 Å². The van der Waals surface area contributed by atoms with Crippen molar-refractivity contribution in [3.8, 4) is 28.6 Å². The van der Waals surface area contributed by atoms with Gasteiger partial charge in [-0.1, -0.05) is 23.9 Å². The number of ether oxygens (including phenoxy) is 2. The van der Waals surface area contributed by atoms with Crippen molar-refractivity contribution in [3.63, 3.8) is 0 Å². The van der Waals surface area contributed by atoms with Gasteiger partial charge in [0.2, 0.25) is 11.9 Å². The number of fused-ring (bicyclic) bond motifs is 1. The molecule has 0 aliphatic carbocycles. The molecule has 3 aromatic rings. The number of hydrogen-bond acceptors (Lipinski definition) is 9. The standard InChI is InChI=1S/C19H18N6O4S/c1-11(12-6-7-15-16(8-12)29-10-28-15)21-22-17(27)9-30-19-24-23-18(25(19)20)13-4-2-3-5-14(13)26/h2-8,26H,9-10,20H2,1H3,(H,22,27)/b21-11-. The number of carbonyl (C=O) groups excluding carboxylic acids is 1. The Balaban J connectivity index is 1.36. The fourth-order valence-electron chi connectivity index (χ4n) is 2.72. The smallest absolute Gasteiger partial charge is 0.250 e. The number of carbonyl (C=O) groups is 1. The van der Waals surface area contributed by atoms with Crippen molar-refractivity contribution in [2.45, 2.75) is 12.1 Å². The van der Waals surface area contributed by atoms with Crippen molar-refractivity contribution in [3.05, 3.63) is 48.0 Å². The summed E-state index contributed by atoms with van der Waals surface area (Å²) < 4.78 is 11.9. The first kappa shape index (κ1) is 19.6. The van der Waals surface area contributed by atoms with Crippen LogP contribution in [-0.2, 0) is 4.79 Å². The highest BCUT2D eigenvalue weighted by molar-refractivity contribution is 7.99. The summed E-state index contributed by atoms with van der Waals surface area (Å²) in [6.45, 7) is 1.97. The van der Waals surface area contributed by atoms with Crippen LogP contribution in [0.25, 0.3) is 11.4 Å². The van der Waals surface area contributed by atoms with Gasteiger partial charge < -0.3 is 20.4 Å².